The molecule has 63 heavy (non-hydrogen) atoms. The molecule has 1 radical (unpaired) electrons. The molecule has 0 saturated carbocycles. The van der Waals surface area contributed by atoms with E-state index in [0.29, 0.717) is 0 Å². The number of aryl methyl sites for hydroxylation is 3. The summed E-state index contributed by atoms with van der Waals surface area (Å²) in [6.45, 7) is 11.2. The number of fused-ring (bicyclic) bond motifs is 5. The maximum absolute atomic E-state index is 5.14. The van der Waals surface area contributed by atoms with Crippen LogP contribution in [-0.2, 0) is 31.9 Å². The van der Waals surface area contributed by atoms with Gasteiger partial charge in [0.2, 0.25) is 0 Å². The number of unbranched alkanes of at least 4 members (excludes halogenated alkanes) is 5. The third-order valence-electron chi connectivity index (χ3n) is 12.5. The Hall–Kier alpha value is -5.58. The molecule has 0 bridgehead atoms. The average molecular weight is 1020 g/mol. The monoisotopic (exact) mass is 1020 g/mol. The smallest absolute Gasteiger partial charge is 0.0763 e. The summed E-state index contributed by atoms with van der Waals surface area (Å²) in [4.78, 5) is 14.9. The Balaban J connectivity index is 0.000000172. The van der Waals surface area contributed by atoms with Crippen molar-refractivity contribution >= 4 is 32.5 Å². The summed E-state index contributed by atoms with van der Waals surface area (Å²) >= 11 is 1.73. The van der Waals surface area contributed by atoms with Crippen molar-refractivity contribution in [2.75, 3.05) is 0 Å². The van der Waals surface area contributed by atoms with Crippen LogP contribution in [0.3, 0.4) is 0 Å². The van der Waals surface area contributed by atoms with E-state index in [-0.39, 0.29) is 25.5 Å². The fraction of sp³-hybridized carbons (Fsp3) is 0.224. The minimum absolute atomic E-state index is 0. The van der Waals surface area contributed by atoms with Gasteiger partial charge in [0.15, 0.2) is 0 Å². The van der Waals surface area contributed by atoms with Crippen LogP contribution >= 0.6 is 11.3 Å². The van der Waals surface area contributed by atoms with Crippen molar-refractivity contribution in [2.24, 2.45) is 0 Å². The molecule has 2 heterocycles. The Morgan fingerprint density at radius 2 is 1.30 bits per heavy atom. The van der Waals surface area contributed by atoms with Crippen molar-refractivity contribution in [1.82, 2.24) is 15.0 Å². The number of aromatic nitrogens is 3. The number of thiazole rings is 1. The van der Waals surface area contributed by atoms with Gasteiger partial charge < -0.3 is 0 Å². The number of nitrogens with zero attached hydrogens (tertiary/aromatic N) is 3. The maximum Gasteiger partial charge on any atom is 0.0763 e. The second kappa shape index (κ2) is 19.4. The molecule has 0 saturated heterocycles. The summed E-state index contributed by atoms with van der Waals surface area (Å²) in [5.41, 5.74) is 17.8. The molecule has 317 valence electrons. The van der Waals surface area contributed by atoms with Crippen LogP contribution in [0.25, 0.3) is 76.6 Å². The Labute approximate surface area is 391 Å². The van der Waals surface area contributed by atoms with Gasteiger partial charge in [-0.1, -0.05) is 161 Å². The molecular formula is C58H53IrN3S-2. The molecular weight excluding hydrogens is 963 g/mol. The third-order valence-corrected chi connectivity index (χ3v) is 13.6. The predicted molar refractivity (Wildman–Crippen MR) is 263 cm³/mol. The Morgan fingerprint density at radius 3 is 2.13 bits per heavy atom. The van der Waals surface area contributed by atoms with Crippen LogP contribution in [0.2, 0.25) is 0 Å². The molecule has 5 heteroatoms. The molecule has 9 aromatic rings. The van der Waals surface area contributed by atoms with E-state index < -0.39 is 0 Å². The minimum atomic E-state index is -0.0674. The van der Waals surface area contributed by atoms with Gasteiger partial charge in [0.05, 0.1) is 22.6 Å². The normalized spacial score (nSPS) is 12.3. The van der Waals surface area contributed by atoms with Crippen LogP contribution in [0.5, 0.6) is 0 Å². The van der Waals surface area contributed by atoms with Gasteiger partial charge in [0, 0.05) is 40.8 Å². The van der Waals surface area contributed by atoms with Crippen LogP contribution in [0.15, 0.2) is 146 Å². The van der Waals surface area contributed by atoms with Crippen LogP contribution in [0.4, 0.5) is 0 Å². The van der Waals surface area contributed by atoms with Gasteiger partial charge in [-0.3, -0.25) is 15.0 Å². The fourth-order valence-corrected chi connectivity index (χ4v) is 10.1. The molecule has 1 aliphatic carbocycles. The van der Waals surface area contributed by atoms with Crippen molar-refractivity contribution in [3.8, 4) is 55.5 Å². The van der Waals surface area contributed by atoms with Gasteiger partial charge in [-0.05, 0) is 78.1 Å². The van der Waals surface area contributed by atoms with E-state index in [9.17, 15) is 0 Å². The summed E-state index contributed by atoms with van der Waals surface area (Å²) < 4.78 is 1.22. The summed E-state index contributed by atoms with van der Waals surface area (Å²) in [6.07, 6.45) is 9.23. The zero-order valence-electron chi connectivity index (χ0n) is 36.9. The van der Waals surface area contributed by atoms with Gasteiger partial charge in [0.1, 0.15) is 0 Å². The molecule has 0 fully saturated rings. The largest absolute Gasteiger partial charge is 0.285 e. The standard InChI is InChI=1S/C31H25N2.C27H28NS.Ir/c1-19-10-9-11-20(2)28(19)29-24-13-6-8-15-27(24)32-30(33-29)21-16-17-23-22-12-5-7-14-25(22)31(3,4)26(23)18-21;1-2-3-4-5-6-7-12-21-13-10-14-22(19-21)23-15-11-16-24(20-23)27-28-25-17-8-9-18-26(25)29-27;/h5-15,17-18H,1-4H3;8-11,13-15,17-20H,2-7,12H2,1H3;/q2*-1;. The first-order valence-electron chi connectivity index (χ1n) is 22.3. The molecule has 0 unspecified atom stereocenters. The van der Waals surface area contributed by atoms with Gasteiger partial charge in [0.25, 0.3) is 0 Å². The van der Waals surface area contributed by atoms with Gasteiger partial charge >= 0.3 is 0 Å². The van der Waals surface area contributed by atoms with Crippen LogP contribution in [0, 0.1) is 26.0 Å². The van der Waals surface area contributed by atoms with Crippen molar-refractivity contribution in [3.05, 3.63) is 186 Å². The Bertz CT molecular complexity index is 2980. The molecule has 3 nitrogen and oxygen atoms in total. The van der Waals surface area contributed by atoms with Crippen LogP contribution < -0.4 is 0 Å². The van der Waals surface area contributed by atoms with Crippen LogP contribution in [-0.4, -0.2) is 15.0 Å². The fourth-order valence-electron chi connectivity index (χ4n) is 9.12. The topological polar surface area (TPSA) is 38.7 Å². The maximum atomic E-state index is 5.14. The van der Waals surface area contributed by atoms with Crippen LogP contribution in [0.1, 0.15) is 87.1 Å². The minimum Gasteiger partial charge on any atom is -0.285 e. The molecule has 10 rings (SSSR count). The second-order valence-electron chi connectivity index (χ2n) is 17.2. The second-order valence-corrected chi connectivity index (χ2v) is 18.3. The van der Waals surface area contributed by atoms with Crippen molar-refractivity contribution < 1.29 is 20.1 Å². The summed E-state index contributed by atoms with van der Waals surface area (Å²) in [6, 6.07) is 58.4. The van der Waals surface area contributed by atoms with E-state index in [1.807, 2.05) is 18.2 Å². The molecule has 1 aliphatic rings. The average Bonchev–Trinajstić information content (AvgIpc) is 3.84. The first kappa shape index (κ1) is 44.0. The Kier molecular flexibility index (Phi) is 13.6. The predicted octanol–water partition coefficient (Wildman–Crippen LogP) is 16.0. The number of para-hydroxylation sites is 2. The van der Waals surface area contributed by atoms with Gasteiger partial charge in [-0.2, -0.15) is 11.3 Å². The molecule has 0 aliphatic heterocycles. The van der Waals surface area contributed by atoms with E-state index >= 15 is 0 Å². The van der Waals surface area contributed by atoms with Crippen molar-refractivity contribution in [1.29, 1.82) is 0 Å². The zero-order valence-corrected chi connectivity index (χ0v) is 40.1. The Morgan fingerprint density at radius 1 is 0.587 bits per heavy atom. The van der Waals surface area contributed by atoms with E-state index in [4.69, 9.17) is 15.0 Å². The molecule has 7 aromatic carbocycles. The van der Waals surface area contributed by atoms with E-state index in [0.717, 1.165) is 44.1 Å². The van der Waals surface area contributed by atoms with E-state index in [1.54, 1.807) is 11.3 Å². The molecule has 0 atom stereocenters. The van der Waals surface area contributed by atoms with E-state index in [1.165, 1.54) is 105 Å². The summed E-state index contributed by atoms with van der Waals surface area (Å²) in [5.74, 6) is 0.723. The van der Waals surface area contributed by atoms with Gasteiger partial charge in [-0.25, -0.2) is 0 Å². The molecule has 2 aromatic heterocycles. The third kappa shape index (κ3) is 9.25. The number of hydrogen-bond donors (Lipinski definition) is 0. The SMILES string of the molecule is CCCCCCCCc1cccc(-c2cc[c-]c(-c3nc4ccccc4s3)c2)c1.Cc1cccc(C)c1-c1nc(-c2[c-]cc3c(c2)C(C)(C)c2ccccc2-3)nc2ccccc12.[Ir]. The zero-order chi connectivity index (χ0) is 42.6. The van der Waals surface area contributed by atoms with Gasteiger partial charge in [-0.15, -0.1) is 64.7 Å². The first-order valence-corrected chi connectivity index (χ1v) is 23.1. The number of hydrogen-bond acceptors (Lipinski definition) is 4. The molecule has 0 amide bonds. The first-order chi connectivity index (χ1) is 30.3. The van der Waals surface area contributed by atoms with Crippen molar-refractivity contribution in [2.45, 2.75) is 85.0 Å². The van der Waals surface area contributed by atoms with E-state index in [2.05, 4.69) is 174 Å². The summed E-state index contributed by atoms with van der Waals surface area (Å²) in [5, 5.41) is 2.11. The summed E-state index contributed by atoms with van der Waals surface area (Å²) in [7, 11) is 0. The number of benzene rings is 7. The molecule has 0 N–H and O–H groups in total. The molecule has 0 spiro atoms. The quantitative estimate of drug-likeness (QED) is 0.0957. The van der Waals surface area contributed by atoms with Crippen molar-refractivity contribution in [3.63, 3.8) is 0 Å². The number of rotatable bonds is 11.